The van der Waals surface area contributed by atoms with E-state index >= 15 is 0 Å². The van der Waals surface area contributed by atoms with Gasteiger partial charge in [0.05, 0.1) is 6.61 Å². The van der Waals surface area contributed by atoms with Gasteiger partial charge in [0.15, 0.2) is 0 Å². The molecule has 3 heterocycles. The van der Waals surface area contributed by atoms with E-state index in [-0.39, 0.29) is 0 Å². The van der Waals surface area contributed by atoms with Crippen LogP contribution in [-0.4, -0.2) is 96.5 Å². The third kappa shape index (κ3) is 8.87. The van der Waals surface area contributed by atoms with Gasteiger partial charge in [0.2, 0.25) is 5.13 Å². The number of hydrogen-bond donors (Lipinski definition) is 2. The first-order valence-corrected chi connectivity index (χ1v) is 10.7. The van der Waals surface area contributed by atoms with E-state index < -0.39 is 24.3 Å². The zero-order valence-corrected chi connectivity index (χ0v) is 19.4. The van der Waals surface area contributed by atoms with E-state index in [2.05, 4.69) is 27.0 Å². The highest BCUT2D eigenvalue weighted by Gasteiger charge is 2.47. The molecule has 0 amide bonds. The van der Waals surface area contributed by atoms with Crippen molar-refractivity contribution in [1.82, 2.24) is 15.1 Å². The van der Waals surface area contributed by atoms with Crippen molar-refractivity contribution < 1.29 is 50.9 Å². The zero-order chi connectivity index (χ0) is 26.3. The summed E-state index contributed by atoms with van der Waals surface area (Å²) < 4.78 is 68.9. The minimum atomic E-state index is -5.08. The van der Waals surface area contributed by atoms with Gasteiger partial charge in [-0.1, -0.05) is 11.3 Å². The Bertz CT molecular complexity index is 787. The number of nitrogens with zero attached hydrogens (tertiary/aromatic N) is 4. The van der Waals surface area contributed by atoms with Gasteiger partial charge in [-0.2, -0.15) is 26.3 Å². The van der Waals surface area contributed by atoms with Gasteiger partial charge < -0.3 is 24.7 Å². The number of carboxylic acid groups (broad SMARTS) is 2. The van der Waals surface area contributed by atoms with Gasteiger partial charge in [-0.15, -0.1) is 10.2 Å². The van der Waals surface area contributed by atoms with Crippen molar-refractivity contribution in [2.24, 2.45) is 11.3 Å². The second-order valence-corrected chi connectivity index (χ2v) is 9.07. The fourth-order valence-electron chi connectivity index (χ4n) is 3.86. The Morgan fingerprint density at radius 1 is 1.09 bits per heavy atom. The van der Waals surface area contributed by atoms with Crippen molar-refractivity contribution in [3.05, 3.63) is 5.01 Å². The third-order valence-corrected chi connectivity index (χ3v) is 6.28. The molecule has 196 valence electrons. The van der Waals surface area contributed by atoms with E-state index in [1.54, 1.807) is 11.3 Å². The Hall–Kier alpha value is -2.20. The summed E-state index contributed by atoms with van der Waals surface area (Å²) in [7, 11) is 4.06. The highest BCUT2D eigenvalue weighted by atomic mass is 32.1. The van der Waals surface area contributed by atoms with Crippen molar-refractivity contribution in [3.8, 4) is 0 Å². The van der Waals surface area contributed by atoms with Crippen LogP contribution in [0.1, 0.15) is 17.8 Å². The van der Waals surface area contributed by atoms with Gasteiger partial charge in [-0.05, 0) is 32.2 Å². The number of methoxy groups -OCH3 is 1. The van der Waals surface area contributed by atoms with E-state index in [0.29, 0.717) is 11.3 Å². The van der Waals surface area contributed by atoms with Gasteiger partial charge in [0, 0.05) is 39.2 Å². The molecule has 1 aromatic heterocycles. The Morgan fingerprint density at radius 3 is 1.91 bits per heavy atom. The lowest BCUT2D eigenvalue weighted by molar-refractivity contribution is -0.193. The molecule has 0 radical (unpaired) electrons. The second kappa shape index (κ2) is 12.0. The normalized spacial score (nSPS) is 20.3. The van der Waals surface area contributed by atoms with Crippen LogP contribution in [0.4, 0.5) is 31.5 Å². The first-order chi connectivity index (χ1) is 15.5. The average Bonchev–Trinajstić information content (AvgIpc) is 3.26. The molecule has 1 spiro atoms. The molecule has 3 rings (SSSR count). The zero-order valence-electron chi connectivity index (χ0n) is 18.6. The number of piperidine rings is 1. The Labute approximate surface area is 195 Å². The number of likely N-dealkylation sites (tertiary alicyclic amines) is 1. The van der Waals surface area contributed by atoms with Crippen LogP contribution in [0.25, 0.3) is 0 Å². The number of aryl methyl sites for hydroxylation is 1. The summed E-state index contributed by atoms with van der Waals surface area (Å²) in [4.78, 5) is 22.7. The number of ether oxygens (including phenoxy) is 1. The second-order valence-electron chi connectivity index (χ2n) is 7.91. The van der Waals surface area contributed by atoms with E-state index in [1.807, 2.05) is 14.0 Å². The van der Waals surface area contributed by atoms with E-state index in [4.69, 9.17) is 24.5 Å². The molecule has 0 aliphatic carbocycles. The lowest BCUT2D eigenvalue weighted by Gasteiger charge is -2.42. The molecule has 1 atom stereocenters. The molecule has 16 heteroatoms. The van der Waals surface area contributed by atoms with E-state index in [9.17, 15) is 26.3 Å². The molecule has 2 N–H and O–H groups in total. The van der Waals surface area contributed by atoms with Crippen LogP contribution in [0.3, 0.4) is 0 Å². The Balaban J connectivity index is 0.000000343. The minimum Gasteiger partial charge on any atom is -0.475 e. The molecular formula is C18H26F6N4O5S. The SMILES string of the molecule is COCC1CN(C)CC12CCN(c1nnc(C)s1)CC2.O=C(O)C(F)(F)F.O=C(O)C(F)(F)F. The maximum Gasteiger partial charge on any atom is 0.490 e. The lowest BCUT2D eigenvalue weighted by atomic mass is 9.71. The number of aromatic nitrogens is 2. The summed E-state index contributed by atoms with van der Waals surface area (Å²) >= 11 is 1.71. The van der Waals surface area contributed by atoms with Crippen molar-refractivity contribution in [3.63, 3.8) is 0 Å². The van der Waals surface area contributed by atoms with Crippen molar-refractivity contribution in [1.29, 1.82) is 0 Å². The van der Waals surface area contributed by atoms with Gasteiger partial charge in [0.1, 0.15) is 5.01 Å². The topological polar surface area (TPSA) is 116 Å². The Morgan fingerprint density at radius 2 is 1.56 bits per heavy atom. The number of anilines is 1. The molecule has 0 bridgehead atoms. The molecule has 2 fully saturated rings. The lowest BCUT2D eigenvalue weighted by Crippen LogP contribution is -2.45. The van der Waals surface area contributed by atoms with E-state index in [0.717, 1.165) is 29.8 Å². The van der Waals surface area contributed by atoms with Crippen LogP contribution in [0, 0.1) is 18.3 Å². The number of alkyl halides is 6. The van der Waals surface area contributed by atoms with E-state index in [1.165, 1.54) is 25.9 Å². The van der Waals surface area contributed by atoms with Crippen molar-refractivity contribution in [2.75, 3.05) is 51.8 Å². The summed E-state index contributed by atoms with van der Waals surface area (Å²) in [6, 6.07) is 0. The fraction of sp³-hybridized carbons (Fsp3) is 0.778. The molecule has 9 nitrogen and oxygen atoms in total. The largest absolute Gasteiger partial charge is 0.490 e. The van der Waals surface area contributed by atoms with Crippen LogP contribution in [0.15, 0.2) is 0 Å². The molecule has 1 unspecified atom stereocenters. The number of rotatable bonds is 3. The maximum absolute atomic E-state index is 10.6. The van der Waals surface area contributed by atoms with Gasteiger partial charge in [0.25, 0.3) is 0 Å². The molecule has 0 aromatic carbocycles. The van der Waals surface area contributed by atoms with Gasteiger partial charge in [-0.3, -0.25) is 0 Å². The first kappa shape index (κ1) is 29.8. The predicted molar refractivity (Wildman–Crippen MR) is 109 cm³/mol. The first-order valence-electron chi connectivity index (χ1n) is 9.84. The quantitative estimate of drug-likeness (QED) is 0.576. The van der Waals surface area contributed by atoms with Crippen LogP contribution in [0.2, 0.25) is 0 Å². The van der Waals surface area contributed by atoms with Crippen LogP contribution in [0.5, 0.6) is 0 Å². The molecule has 2 aliphatic heterocycles. The molecule has 2 saturated heterocycles. The number of hydrogen-bond acceptors (Lipinski definition) is 8. The molecule has 2 aliphatic rings. The highest BCUT2D eigenvalue weighted by Crippen LogP contribution is 2.45. The summed E-state index contributed by atoms with van der Waals surface area (Å²) in [5.41, 5.74) is 0.445. The molecule has 34 heavy (non-hydrogen) atoms. The predicted octanol–water partition coefficient (Wildman–Crippen LogP) is 2.91. The molecular weight excluding hydrogens is 498 g/mol. The van der Waals surface area contributed by atoms with Crippen molar-refractivity contribution in [2.45, 2.75) is 32.1 Å². The van der Waals surface area contributed by atoms with Gasteiger partial charge >= 0.3 is 24.3 Å². The monoisotopic (exact) mass is 524 g/mol. The number of carboxylic acids is 2. The number of halogens is 6. The summed E-state index contributed by atoms with van der Waals surface area (Å²) in [6.45, 7) is 7.50. The molecule has 1 aromatic rings. The number of aliphatic carboxylic acids is 2. The summed E-state index contributed by atoms with van der Waals surface area (Å²) in [5.74, 6) is -4.84. The smallest absolute Gasteiger partial charge is 0.475 e. The highest BCUT2D eigenvalue weighted by molar-refractivity contribution is 7.15. The minimum absolute atomic E-state index is 0.445. The van der Waals surface area contributed by atoms with Crippen molar-refractivity contribution >= 4 is 28.4 Å². The fourth-order valence-corrected chi connectivity index (χ4v) is 4.59. The number of carbonyl (C=O) groups is 2. The van der Waals surface area contributed by atoms with Crippen LogP contribution >= 0.6 is 11.3 Å². The standard InChI is InChI=1S/C14H24N4OS.2C2HF3O2/c1-11-15-16-13(20-11)18-6-4-14(5-7-18)10-17(2)8-12(14)9-19-3;2*3-2(4,5)1(6)7/h12H,4-10H2,1-3H3;2*(H,6,7). The maximum atomic E-state index is 10.6. The average molecular weight is 524 g/mol. The molecule has 0 saturated carbocycles. The third-order valence-electron chi connectivity index (χ3n) is 5.38. The van der Waals surface area contributed by atoms with Crippen LogP contribution < -0.4 is 4.90 Å². The Kier molecular flexibility index (Phi) is 10.5. The summed E-state index contributed by atoms with van der Waals surface area (Å²) in [5, 5.41) is 24.8. The van der Waals surface area contributed by atoms with Crippen LogP contribution in [-0.2, 0) is 14.3 Å². The summed E-state index contributed by atoms with van der Waals surface area (Å²) in [6.07, 6.45) is -7.69. The van der Waals surface area contributed by atoms with Gasteiger partial charge in [-0.25, -0.2) is 9.59 Å².